The van der Waals surface area contributed by atoms with Crippen molar-refractivity contribution in [1.82, 2.24) is 10.2 Å². The molecule has 1 fully saturated rings. The van der Waals surface area contributed by atoms with E-state index >= 15 is 0 Å². The van der Waals surface area contributed by atoms with E-state index in [0.717, 1.165) is 44.6 Å². The Morgan fingerprint density at radius 1 is 1.29 bits per heavy atom. The fourth-order valence-electron chi connectivity index (χ4n) is 2.67. The summed E-state index contributed by atoms with van der Waals surface area (Å²) in [5.74, 6) is 0.224. The Hall–Kier alpha value is -1.14. The number of piperidine rings is 1. The zero-order chi connectivity index (χ0) is 15.1. The summed E-state index contributed by atoms with van der Waals surface area (Å²) in [6.45, 7) is 4.50. The van der Waals surface area contributed by atoms with E-state index in [9.17, 15) is 10.2 Å². The van der Waals surface area contributed by atoms with Crippen LogP contribution in [0.2, 0.25) is 0 Å². The molecule has 0 aliphatic carbocycles. The molecule has 2 rings (SSSR count). The second kappa shape index (κ2) is 8.34. The molecule has 0 spiro atoms. The van der Waals surface area contributed by atoms with E-state index in [1.54, 1.807) is 31.4 Å². The van der Waals surface area contributed by atoms with Gasteiger partial charge in [-0.2, -0.15) is 0 Å². The molecule has 0 amide bonds. The van der Waals surface area contributed by atoms with Crippen LogP contribution in [0.15, 0.2) is 24.3 Å². The van der Waals surface area contributed by atoms with Crippen molar-refractivity contribution >= 4 is 0 Å². The van der Waals surface area contributed by atoms with Crippen molar-refractivity contribution in [3.05, 3.63) is 29.8 Å². The first-order chi connectivity index (χ1) is 10.2. The van der Waals surface area contributed by atoms with Crippen LogP contribution in [-0.2, 0) is 4.74 Å². The third kappa shape index (κ3) is 5.28. The average molecular weight is 294 g/mol. The standard InChI is InChI=1S/C16H26N2O3/c1-21-11-10-18-8-6-14(7-9-18)17-12-16(20)13-2-4-15(19)5-3-13/h2-5,14,16-17,19-20H,6-12H2,1H3. The van der Waals surface area contributed by atoms with E-state index in [1.165, 1.54) is 0 Å². The third-order valence-electron chi connectivity index (χ3n) is 4.08. The van der Waals surface area contributed by atoms with E-state index in [2.05, 4.69) is 10.2 Å². The van der Waals surface area contributed by atoms with Crippen LogP contribution in [0.25, 0.3) is 0 Å². The van der Waals surface area contributed by atoms with Crippen LogP contribution >= 0.6 is 0 Å². The van der Waals surface area contributed by atoms with Crippen LogP contribution in [0.1, 0.15) is 24.5 Å². The highest BCUT2D eigenvalue weighted by Gasteiger charge is 2.19. The van der Waals surface area contributed by atoms with Gasteiger partial charge >= 0.3 is 0 Å². The number of nitrogens with zero attached hydrogens (tertiary/aromatic N) is 1. The minimum absolute atomic E-state index is 0.224. The van der Waals surface area contributed by atoms with E-state index in [1.807, 2.05) is 0 Å². The van der Waals surface area contributed by atoms with Crippen molar-refractivity contribution in [2.45, 2.75) is 25.0 Å². The Kier molecular flexibility index (Phi) is 6.45. The van der Waals surface area contributed by atoms with Gasteiger partial charge in [-0.25, -0.2) is 0 Å². The Labute approximate surface area is 126 Å². The van der Waals surface area contributed by atoms with Crippen molar-refractivity contribution in [1.29, 1.82) is 0 Å². The van der Waals surface area contributed by atoms with Crippen LogP contribution in [0.5, 0.6) is 5.75 Å². The summed E-state index contributed by atoms with van der Waals surface area (Å²) in [6, 6.07) is 7.19. The lowest BCUT2D eigenvalue weighted by Crippen LogP contribution is -2.44. The molecule has 3 N–H and O–H groups in total. The first-order valence-electron chi connectivity index (χ1n) is 7.60. The van der Waals surface area contributed by atoms with Gasteiger partial charge in [-0.15, -0.1) is 0 Å². The Morgan fingerprint density at radius 2 is 1.95 bits per heavy atom. The zero-order valence-electron chi connectivity index (χ0n) is 12.7. The molecule has 1 unspecified atom stereocenters. The molecule has 1 atom stereocenters. The number of hydrogen-bond acceptors (Lipinski definition) is 5. The van der Waals surface area contributed by atoms with Crippen LogP contribution in [0.3, 0.4) is 0 Å². The first-order valence-corrected chi connectivity index (χ1v) is 7.60. The molecule has 5 nitrogen and oxygen atoms in total. The molecule has 5 heteroatoms. The van der Waals surface area contributed by atoms with E-state index in [4.69, 9.17) is 4.74 Å². The second-order valence-electron chi connectivity index (χ2n) is 5.62. The fraction of sp³-hybridized carbons (Fsp3) is 0.625. The number of phenolic OH excluding ortho intramolecular Hbond substituents is 1. The van der Waals surface area contributed by atoms with Gasteiger partial charge in [-0.3, -0.25) is 0 Å². The maximum Gasteiger partial charge on any atom is 0.115 e. The van der Waals surface area contributed by atoms with Gasteiger partial charge in [0.2, 0.25) is 0 Å². The van der Waals surface area contributed by atoms with Gasteiger partial charge in [0.25, 0.3) is 0 Å². The highest BCUT2D eigenvalue weighted by atomic mass is 16.5. The maximum absolute atomic E-state index is 10.1. The number of aliphatic hydroxyl groups is 1. The lowest BCUT2D eigenvalue weighted by Gasteiger charge is -2.32. The molecular formula is C16H26N2O3. The fourth-order valence-corrected chi connectivity index (χ4v) is 2.67. The number of benzene rings is 1. The van der Waals surface area contributed by atoms with Crippen molar-refractivity contribution in [3.63, 3.8) is 0 Å². The topological polar surface area (TPSA) is 65.0 Å². The van der Waals surface area contributed by atoms with Gasteiger partial charge < -0.3 is 25.2 Å². The summed E-state index contributed by atoms with van der Waals surface area (Å²) in [7, 11) is 1.74. The monoisotopic (exact) mass is 294 g/mol. The Bertz CT molecular complexity index is 402. The smallest absolute Gasteiger partial charge is 0.115 e. The number of ether oxygens (including phenoxy) is 1. The lowest BCUT2D eigenvalue weighted by molar-refractivity contribution is 0.119. The summed E-state index contributed by atoms with van der Waals surface area (Å²) in [4.78, 5) is 2.41. The number of phenols is 1. The molecule has 0 bridgehead atoms. The minimum atomic E-state index is -0.530. The maximum atomic E-state index is 10.1. The number of methoxy groups -OCH3 is 1. The number of aliphatic hydroxyl groups excluding tert-OH is 1. The lowest BCUT2D eigenvalue weighted by atomic mass is 10.0. The van der Waals surface area contributed by atoms with Crippen molar-refractivity contribution in [2.75, 3.05) is 39.9 Å². The highest BCUT2D eigenvalue weighted by molar-refractivity contribution is 5.27. The van der Waals surface area contributed by atoms with E-state index < -0.39 is 6.10 Å². The van der Waals surface area contributed by atoms with Gasteiger partial charge in [0, 0.05) is 26.2 Å². The van der Waals surface area contributed by atoms with E-state index in [-0.39, 0.29) is 5.75 Å². The third-order valence-corrected chi connectivity index (χ3v) is 4.08. The minimum Gasteiger partial charge on any atom is -0.508 e. The first kappa shape index (κ1) is 16.2. The van der Waals surface area contributed by atoms with Gasteiger partial charge in [-0.05, 0) is 43.6 Å². The van der Waals surface area contributed by atoms with Gasteiger partial charge in [-0.1, -0.05) is 12.1 Å². The summed E-state index contributed by atoms with van der Waals surface area (Å²) >= 11 is 0. The number of aromatic hydroxyl groups is 1. The molecule has 0 aromatic heterocycles. The quantitative estimate of drug-likeness (QED) is 0.703. The van der Waals surface area contributed by atoms with Crippen LogP contribution in [0, 0.1) is 0 Å². The molecule has 0 radical (unpaired) electrons. The van der Waals surface area contributed by atoms with Crippen molar-refractivity contribution in [3.8, 4) is 5.75 Å². The van der Waals surface area contributed by atoms with Crippen LogP contribution in [-0.4, -0.2) is 61.1 Å². The number of hydrogen-bond donors (Lipinski definition) is 3. The predicted octanol–water partition coefficient (Wildman–Crippen LogP) is 1.13. The number of rotatable bonds is 7. The van der Waals surface area contributed by atoms with Gasteiger partial charge in [0.05, 0.1) is 12.7 Å². The molecule has 21 heavy (non-hydrogen) atoms. The Balaban J connectivity index is 1.68. The summed E-state index contributed by atoms with van der Waals surface area (Å²) < 4.78 is 5.10. The molecule has 1 aliphatic heterocycles. The van der Waals surface area contributed by atoms with Gasteiger partial charge in [0.1, 0.15) is 5.75 Å². The summed E-state index contributed by atoms with van der Waals surface area (Å²) in [5.41, 5.74) is 0.831. The normalized spacial score (nSPS) is 18.8. The molecule has 1 heterocycles. The molecule has 0 saturated carbocycles. The van der Waals surface area contributed by atoms with Crippen molar-refractivity contribution < 1.29 is 14.9 Å². The summed E-state index contributed by atoms with van der Waals surface area (Å²) in [6.07, 6.45) is 1.68. The molecule has 1 saturated heterocycles. The zero-order valence-corrected chi connectivity index (χ0v) is 12.7. The Morgan fingerprint density at radius 3 is 2.57 bits per heavy atom. The van der Waals surface area contributed by atoms with Crippen LogP contribution < -0.4 is 5.32 Å². The second-order valence-corrected chi connectivity index (χ2v) is 5.62. The SMILES string of the molecule is COCCN1CCC(NCC(O)c2ccc(O)cc2)CC1. The largest absolute Gasteiger partial charge is 0.508 e. The molecule has 118 valence electrons. The summed E-state index contributed by atoms with van der Waals surface area (Å²) in [5, 5.41) is 22.8. The van der Waals surface area contributed by atoms with Crippen LogP contribution in [0.4, 0.5) is 0 Å². The number of nitrogens with one attached hydrogen (secondary N) is 1. The number of likely N-dealkylation sites (tertiary alicyclic amines) is 1. The molecule has 1 aromatic rings. The molecule has 1 aromatic carbocycles. The molecule has 1 aliphatic rings. The average Bonchev–Trinajstić information content (AvgIpc) is 2.52. The predicted molar refractivity (Wildman–Crippen MR) is 82.4 cm³/mol. The molecular weight excluding hydrogens is 268 g/mol. The van der Waals surface area contributed by atoms with E-state index in [0.29, 0.717) is 12.6 Å². The highest BCUT2D eigenvalue weighted by Crippen LogP contribution is 2.17. The van der Waals surface area contributed by atoms with Crippen molar-refractivity contribution in [2.24, 2.45) is 0 Å². The van der Waals surface area contributed by atoms with Gasteiger partial charge in [0.15, 0.2) is 0 Å².